The van der Waals surface area contributed by atoms with Gasteiger partial charge in [-0.1, -0.05) is 24.9 Å². The normalized spacial score (nSPS) is 15.7. The van der Waals surface area contributed by atoms with E-state index in [2.05, 4.69) is 25.9 Å². The van der Waals surface area contributed by atoms with Gasteiger partial charge in [0, 0.05) is 12.6 Å². The van der Waals surface area contributed by atoms with Gasteiger partial charge in [-0.05, 0) is 12.8 Å². The topological polar surface area (TPSA) is 97.9 Å². The van der Waals surface area contributed by atoms with Gasteiger partial charge in [-0.3, -0.25) is 4.68 Å². The van der Waals surface area contributed by atoms with Gasteiger partial charge in [-0.2, -0.15) is 10.1 Å². The summed E-state index contributed by atoms with van der Waals surface area (Å²) in [6, 6.07) is -0.457. The van der Waals surface area contributed by atoms with Crippen LogP contribution in [0.2, 0.25) is 0 Å². The van der Waals surface area contributed by atoms with Crippen molar-refractivity contribution in [2.24, 2.45) is 0 Å². The van der Waals surface area contributed by atoms with Crippen LogP contribution in [0.4, 0.5) is 19.3 Å². The van der Waals surface area contributed by atoms with Crippen molar-refractivity contribution in [2.75, 3.05) is 5.32 Å². The van der Waals surface area contributed by atoms with Gasteiger partial charge < -0.3 is 15.2 Å². The number of alkyl halides is 2. The van der Waals surface area contributed by atoms with Gasteiger partial charge >= 0.3 is 6.03 Å². The van der Waals surface area contributed by atoms with Crippen LogP contribution in [0.25, 0.3) is 0 Å². The van der Waals surface area contributed by atoms with Crippen LogP contribution in [0.5, 0.6) is 0 Å². The number of anilines is 1. The molecule has 0 spiro atoms. The van der Waals surface area contributed by atoms with Crippen molar-refractivity contribution in [1.82, 2.24) is 25.2 Å². The number of amides is 2. The summed E-state index contributed by atoms with van der Waals surface area (Å²) in [4.78, 5) is 16.7. The molecule has 0 unspecified atom stereocenters. The second kappa shape index (κ2) is 8.43. The Balaban J connectivity index is 0.00000243. The molecule has 1 saturated carbocycles. The number of rotatable bonds is 6. The van der Waals surface area contributed by atoms with Crippen molar-refractivity contribution in [3.05, 3.63) is 24.1 Å². The summed E-state index contributed by atoms with van der Waals surface area (Å²) in [6.45, 7) is 1.39. The average molecular weight is 391 g/mol. The molecule has 2 aromatic heterocycles. The molecule has 0 aliphatic heterocycles. The van der Waals surface area contributed by atoms with E-state index in [1.165, 1.54) is 12.4 Å². The Bertz CT molecular complexity index is 729. The van der Waals surface area contributed by atoms with Crippen LogP contribution in [-0.2, 0) is 18.5 Å². The van der Waals surface area contributed by atoms with Crippen LogP contribution in [-0.4, -0.2) is 32.4 Å². The largest absolute Gasteiger partial charge is 0.339 e. The van der Waals surface area contributed by atoms with E-state index in [9.17, 15) is 13.6 Å². The van der Waals surface area contributed by atoms with Crippen molar-refractivity contribution in [3.63, 3.8) is 0 Å². The Hall–Kier alpha value is -2.23. The summed E-state index contributed by atoms with van der Waals surface area (Å²) >= 11 is 0. The van der Waals surface area contributed by atoms with Crippen LogP contribution in [0.1, 0.15) is 44.3 Å². The van der Waals surface area contributed by atoms with E-state index in [1.807, 2.05) is 6.92 Å². The lowest BCUT2D eigenvalue weighted by molar-refractivity contribution is 0.122. The summed E-state index contributed by atoms with van der Waals surface area (Å²) in [6.07, 6.45) is 4.13. The third-order valence-corrected chi connectivity index (χ3v) is 4.22. The van der Waals surface area contributed by atoms with Gasteiger partial charge in [0.2, 0.25) is 5.89 Å². The number of halogens is 3. The maximum absolute atomic E-state index is 12.4. The molecule has 2 heterocycles. The van der Waals surface area contributed by atoms with Crippen molar-refractivity contribution in [1.29, 1.82) is 0 Å². The van der Waals surface area contributed by atoms with E-state index in [4.69, 9.17) is 4.52 Å². The Labute approximate surface area is 155 Å². The fraction of sp³-hybridized carbons (Fsp3) is 0.600. The summed E-state index contributed by atoms with van der Waals surface area (Å²) in [5, 5.41) is 13.3. The number of carbonyl (C=O) groups is 1. The van der Waals surface area contributed by atoms with E-state index in [0.29, 0.717) is 36.7 Å². The molecule has 2 N–H and O–H groups in total. The molecule has 0 bridgehead atoms. The molecule has 144 valence electrons. The predicted octanol–water partition coefficient (Wildman–Crippen LogP) is 3.11. The molecule has 11 heteroatoms. The van der Waals surface area contributed by atoms with E-state index >= 15 is 0 Å². The molecule has 0 saturated heterocycles. The summed E-state index contributed by atoms with van der Waals surface area (Å²) < 4.78 is 31.0. The number of carbonyl (C=O) groups excluding carboxylic acids is 1. The number of aromatic nitrogens is 4. The van der Waals surface area contributed by atoms with Gasteiger partial charge in [-0.15, -0.1) is 12.4 Å². The van der Waals surface area contributed by atoms with Gasteiger partial charge in [0.1, 0.15) is 12.1 Å². The van der Waals surface area contributed by atoms with E-state index in [1.54, 1.807) is 0 Å². The highest BCUT2D eigenvalue weighted by molar-refractivity contribution is 5.89. The van der Waals surface area contributed by atoms with E-state index in [-0.39, 0.29) is 12.4 Å². The van der Waals surface area contributed by atoms with Crippen molar-refractivity contribution >= 4 is 24.1 Å². The molecule has 1 aliphatic carbocycles. The van der Waals surface area contributed by atoms with E-state index < -0.39 is 24.5 Å². The highest BCUT2D eigenvalue weighted by Gasteiger charge is 2.41. The molecular formula is C15H21ClF2N6O2. The lowest BCUT2D eigenvalue weighted by Crippen LogP contribution is -2.46. The number of aryl methyl sites for hydroxylation is 1. The molecule has 26 heavy (non-hydrogen) atoms. The van der Waals surface area contributed by atoms with Gasteiger partial charge in [0.15, 0.2) is 5.82 Å². The zero-order chi connectivity index (χ0) is 17.9. The van der Waals surface area contributed by atoms with Crippen LogP contribution < -0.4 is 10.6 Å². The molecule has 2 amide bonds. The Morgan fingerprint density at radius 2 is 2.15 bits per heavy atom. The quantitative estimate of drug-likeness (QED) is 0.789. The lowest BCUT2D eigenvalue weighted by Gasteiger charge is -2.26. The number of hydrogen-bond acceptors (Lipinski definition) is 5. The van der Waals surface area contributed by atoms with Gasteiger partial charge in [0.05, 0.1) is 11.9 Å². The van der Waals surface area contributed by atoms with Crippen molar-refractivity contribution in [2.45, 2.75) is 57.5 Å². The third kappa shape index (κ3) is 4.48. The average Bonchev–Trinajstić information content (AvgIpc) is 3.27. The minimum atomic E-state index is -2.51. The molecule has 0 radical (unpaired) electrons. The monoisotopic (exact) mass is 390 g/mol. The number of urea groups is 1. The molecule has 0 aromatic carbocycles. The minimum Gasteiger partial charge on any atom is -0.339 e. The first-order valence-corrected chi connectivity index (χ1v) is 8.23. The molecule has 3 rings (SSSR count). The minimum absolute atomic E-state index is 0. The first-order valence-electron chi connectivity index (χ1n) is 8.23. The number of hydrogen-bond donors (Lipinski definition) is 2. The summed E-state index contributed by atoms with van der Waals surface area (Å²) in [7, 11) is 0. The molecule has 1 fully saturated rings. The highest BCUT2D eigenvalue weighted by Crippen LogP contribution is 2.37. The fourth-order valence-electron chi connectivity index (χ4n) is 3.02. The van der Waals surface area contributed by atoms with Crippen LogP contribution in [0, 0.1) is 0 Å². The number of nitrogens with zero attached hydrogens (tertiary/aromatic N) is 4. The number of nitrogens with one attached hydrogen (secondary N) is 2. The SMILES string of the molecule is CCc1nc(C2(NC(=O)Nc3cnn(CC(F)F)c3)CCCC2)no1.Cl. The first-order chi connectivity index (χ1) is 12.0. The van der Waals surface area contributed by atoms with Crippen LogP contribution in [0.3, 0.4) is 0 Å². The van der Waals surface area contributed by atoms with E-state index in [0.717, 1.165) is 17.5 Å². The van der Waals surface area contributed by atoms with Crippen molar-refractivity contribution < 1.29 is 18.1 Å². The summed E-state index contributed by atoms with van der Waals surface area (Å²) in [5.74, 6) is 1.00. The molecule has 1 aliphatic rings. The maximum Gasteiger partial charge on any atom is 0.320 e. The second-order valence-electron chi connectivity index (χ2n) is 6.08. The fourth-order valence-corrected chi connectivity index (χ4v) is 3.02. The van der Waals surface area contributed by atoms with Crippen molar-refractivity contribution in [3.8, 4) is 0 Å². The zero-order valence-electron chi connectivity index (χ0n) is 14.2. The molecule has 2 aromatic rings. The Kier molecular flexibility index (Phi) is 6.52. The lowest BCUT2D eigenvalue weighted by atomic mass is 9.97. The second-order valence-corrected chi connectivity index (χ2v) is 6.08. The molecule has 0 atom stereocenters. The van der Waals surface area contributed by atoms with Gasteiger partial charge in [0.25, 0.3) is 6.43 Å². The molecule has 8 nitrogen and oxygen atoms in total. The van der Waals surface area contributed by atoms with Crippen LogP contribution >= 0.6 is 12.4 Å². The molecular weight excluding hydrogens is 370 g/mol. The maximum atomic E-state index is 12.4. The first kappa shape index (κ1) is 20.1. The Morgan fingerprint density at radius 1 is 1.42 bits per heavy atom. The highest BCUT2D eigenvalue weighted by atomic mass is 35.5. The predicted molar refractivity (Wildman–Crippen MR) is 91.5 cm³/mol. The van der Waals surface area contributed by atoms with Crippen LogP contribution in [0.15, 0.2) is 16.9 Å². The smallest absolute Gasteiger partial charge is 0.320 e. The van der Waals surface area contributed by atoms with Gasteiger partial charge in [-0.25, -0.2) is 13.6 Å². The zero-order valence-corrected chi connectivity index (χ0v) is 15.1. The standard InChI is InChI=1S/C15H20F2N6O2.ClH/c1-2-12-20-13(22-25-12)15(5-3-4-6-15)21-14(24)19-10-7-18-23(8-10)9-11(16)17;/h7-8,11H,2-6,9H2,1H3,(H2,19,21,24);1H. The Morgan fingerprint density at radius 3 is 2.77 bits per heavy atom. The summed E-state index contributed by atoms with van der Waals surface area (Å²) in [5.41, 5.74) is -0.325. The third-order valence-electron chi connectivity index (χ3n) is 4.22.